The Morgan fingerprint density at radius 3 is 1.41 bits per heavy atom. The van der Waals surface area contributed by atoms with Crippen LogP contribution in [0.25, 0.3) is 0 Å². The zero-order valence-corrected chi connectivity index (χ0v) is 37.8. The van der Waals surface area contributed by atoms with Crippen LogP contribution in [0.1, 0.15) is 10.4 Å². The number of amides is 1. The molecule has 1 aromatic carbocycles. The van der Waals surface area contributed by atoms with E-state index >= 15 is 0 Å². The summed E-state index contributed by atoms with van der Waals surface area (Å²) >= 11 is 5.71. The summed E-state index contributed by atoms with van der Waals surface area (Å²) in [6.45, 7) is -0.177. The number of quaternary nitrogens is 1. The third kappa shape index (κ3) is 20.4. The molecular weight excluding hydrogens is 1210 g/mol. The Morgan fingerprint density at radius 1 is 0.704 bits per heavy atom. The van der Waals surface area contributed by atoms with Crippen LogP contribution in [0.5, 0.6) is 0 Å². The maximum Gasteiger partial charge on any atom is 3.00 e. The topological polar surface area (TPSA) is 320 Å². The van der Waals surface area contributed by atoms with Crippen LogP contribution in [0.3, 0.4) is 0 Å². The minimum absolute atomic E-state index is 0. The molecule has 1 radical (unpaired) electrons. The van der Waals surface area contributed by atoms with Gasteiger partial charge in [-0.2, -0.15) is 0 Å². The molecule has 54 heavy (non-hydrogen) atoms. The van der Waals surface area contributed by atoms with Crippen molar-refractivity contribution in [1.82, 2.24) is 19.6 Å². The number of likely N-dealkylation sites (N-methyl/N-ethyl adjacent to an activating group) is 1. The van der Waals surface area contributed by atoms with Gasteiger partial charge in [-0.1, -0.05) is 0 Å². The van der Waals surface area contributed by atoms with Crippen molar-refractivity contribution in [3.63, 3.8) is 0 Å². The van der Waals surface area contributed by atoms with Gasteiger partial charge in [0.2, 0.25) is 5.91 Å². The Morgan fingerprint density at radius 2 is 1.07 bits per heavy atom. The van der Waals surface area contributed by atoms with Crippen molar-refractivity contribution in [2.24, 2.45) is 0 Å². The monoisotopic (exact) mass is 1250 g/mol. The largest absolute Gasteiger partial charge is 3.00 e. The Bertz CT molecular complexity index is 1360. The minimum Gasteiger partial charge on any atom is -0.549 e. The smallest absolute Gasteiger partial charge is 0.549 e. The molecule has 2 rings (SSSR count). The molecule has 0 spiro atoms. The van der Waals surface area contributed by atoms with E-state index < -0.39 is 80.4 Å². The zero-order chi connectivity index (χ0) is 40.4. The van der Waals surface area contributed by atoms with Crippen molar-refractivity contribution in [3.8, 4) is 0 Å². The van der Waals surface area contributed by atoms with E-state index in [-0.39, 0.29) is 111 Å². The van der Waals surface area contributed by atoms with Crippen LogP contribution in [0.15, 0.2) is 6.07 Å². The Balaban J connectivity index is 0.00000171. The average Bonchev–Trinajstić information content (AvgIpc) is 3.06. The number of aliphatic carboxylic acids is 3. The number of anilines is 1. The first-order valence-corrected chi connectivity index (χ1v) is 19.3. The summed E-state index contributed by atoms with van der Waals surface area (Å²) in [5.41, 5.74) is 0.289. The fourth-order valence-corrected chi connectivity index (χ4v) is 9.06. The standard InChI is InChI=1S/C23H30I3N5O9.C7H17NO5.Gd/c24-14-9-15(25)22(21(26)20(14)23(39)40)27-16(32)10-28-1-3-29(11-17(33)34)5-7-31(13-19(37)38)8-6-30(4-2-28)12-18(35)36;1-8-2-4(10)6(12)7(13)5(11)3-9;/h9H,1-8,10-13H2,(H,27,32)(H,33,34)(H,35,36)(H,37,38)(H,39,40);4-13H,2-3H2,1H3;/q;;+3/p-3/t;4-,5+,6+,7+;/m.0./s1. The Labute approximate surface area is 384 Å². The maximum atomic E-state index is 13.1. The number of nitrogens with one attached hydrogen (secondary N) is 1. The number of nitrogens with zero attached hydrogens (tertiary/aromatic N) is 4. The summed E-state index contributed by atoms with van der Waals surface area (Å²) < 4.78 is 1.41. The molecule has 0 aromatic heterocycles. The molecule has 1 heterocycles. The van der Waals surface area contributed by atoms with Crippen molar-refractivity contribution in [2.45, 2.75) is 24.4 Å². The van der Waals surface area contributed by atoms with Crippen LogP contribution in [0.4, 0.5) is 5.69 Å². The van der Waals surface area contributed by atoms with E-state index in [1.807, 2.05) is 67.8 Å². The molecule has 1 saturated heterocycles. The summed E-state index contributed by atoms with van der Waals surface area (Å²) in [6.07, 6.45) is -5.53. The fourth-order valence-electron chi connectivity index (χ4n) is 4.98. The molecule has 24 heteroatoms. The molecule has 307 valence electrons. The number of hydrogen-bond acceptors (Lipinski definition) is 18. The summed E-state index contributed by atoms with van der Waals surface area (Å²) in [4.78, 5) is 64.9. The molecule has 0 bridgehead atoms. The number of carbonyl (C=O) groups excluding carboxylic acids is 5. The molecule has 0 saturated carbocycles. The molecule has 8 N–H and O–H groups in total. The minimum atomic E-state index is -1.53. The molecule has 1 aliphatic rings. The number of benzene rings is 1. The van der Waals surface area contributed by atoms with Crippen molar-refractivity contribution >= 4 is 103 Å². The van der Waals surface area contributed by atoms with Crippen LogP contribution < -0.4 is 31.1 Å². The van der Waals surface area contributed by atoms with Crippen molar-refractivity contribution < 1.29 is 115 Å². The number of halogens is 3. The Hall–Kier alpha value is -0.315. The molecular formula is C30H44GdI3N6O14. The first kappa shape index (κ1) is 53.7. The Kier molecular flexibility index (Phi) is 28.0. The first-order chi connectivity index (χ1) is 24.8. The summed E-state index contributed by atoms with van der Waals surface area (Å²) in [5.74, 6) is -5.76. The zero-order valence-electron chi connectivity index (χ0n) is 29.1. The van der Waals surface area contributed by atoms with Gasteiger partial charge in [0.05, 0.1) is 49.8 Å². The molecule has 0 aliphatic carbocycles. The van der Waals surface area contributed by atoms with Gasteiger partial charge in [0.1, 0.15) is 31.0 Å². The SMILES string of the molecule is C[NH2+]C[C@H](O)[C@@H](O)[C@H](O)[C@H](O)CO.O=C([O-])CN1CCN(CC(=O)[O-])CCN(CC(=O)Nc2c(I)cc(I)c(C(=O)[O-])c2I)CCN(CC(=O)[O-])CC1.[Gd+3]. The van der Waals surface area contributed by atoms with Crippen LogP contribution in [0.2, 0.25) is 0 Å². The van der Waals surface area contributed by atoms with Gasteiger partial charge in [-0.15, -0.1) is 0 Å². The van der Waals surface area contributed by atoms with Crippen LogP contribution >= 0.6 is 67.8 Å². The van der Waals surface area contributed by atoms with Gasteiger partial charge in [0.15, 0.2) is 0 Å². The predicted octanol–water partition coefficient (Wildman–Crippen LogP) is -9.11. The van der Waals surface area contributed by atoms with E-state index in [4.69, 9.17) is 15.3 Å². The van der Waals surface area contributed by atoms with Gasteiger partial charge < -0.3 is 75.8 Å². The average molecular weight is 1250 g/mol. The van der Waals surface area contributed by atoms with E-state index in [9.17, 15) is 54.6 Å². The van der Waals surface area contributed by atoms with Crippen molar-refractivity contribution in [2.75, 3.05) is 104 Å². The number of rotatable bonds is 16. The number of aliphatic hydroxyl groups excluding tert-OH is 5. The van der Waals surface area contributed by atoms with E-state index in [2.05, 4.69) is 5.32 Å². The van der Waals surface area contributed by atoms with Crippen molar-refractivity contribution in [1.29, 1.82) is 0 Å². The van der Waals surface area contributed by atoms with Gasteiger partial charge in [-0.05, 0) is 73.8 Å². The quantitative estimate of drug-likeness (QED) is 0.0756. The third-order valence-electron chi connectivity index (χ3n) is 7.80. The number of carboxylic acid groups (broad SMARTS) is 4. The normalized spacial score (nSPS) is 17.6. The maximum absolute atomic E-state index is 13.1. The molecule has 1 fully saturated rings. The number of carboxylic acids is 4. The van der Waals surface area contributed by atoms with Gasteiger partial charge in [0.25, 0.3) is 0 Å². The van der Waals surface area contributed by atoms with Crippen molar-refractivity contribution in [3.05, 3.63) is 22.3 Å². The van der Waals surface area contributed by atoms with Crippen LogP contribution in [-0.2, 0) is 19.2 Å². The van der Waals surface area contributed by atoms with Crippen LogP contribution in [0, 0.1) is 50.7 Å². The molecule has 1 amide bonds. The van der Waals surface area contributed by atoms with E-state index in [0.29, 0.717) is 16.4 Å². The summed E-state index contributed by atoms with van der Waals surface area (Å²) in [7, 11) is 1.70. The van der Waals surface area contributed by atoms with E-state index in [1.165, 1.54) is 4.90 Å². The van der Waals surface area contributed by atoms with E-state index in [1.54, 1.807) is 33.1 Å². The van der Waals surface area contributed by atoms with Gasteiger partial charge >= 0.3 is 39.9 Å². The molecule has 1 aromatic rings. The molecule has 4 atom stereocenters. The van der Waals surface area contributed by atoms with E-state index in [0.717, 1.165) is 0 Å². The molecule has 0 unspecified atom stereocenters. The second-order valence-corrected chi connectivity index (χ2v) is 15.3. The third-order valence-corrected chi connectivity index (χ3v) is 10.6. The fraction of sp³-hybridized carbons (Fsp3) is 0.633. The second kappa shape index (κ2) is 28.2. The number of aliphatic hydroxyl groups is 5. The van der Waals surface area contributed by atoms with Gasteiger partial charge in [0, 0.05) is 88.3 Å². The number of carbonyl (C=O) groups is 5. The summed E-state index contributed by atoms with van der Waals surface area (Å²) in [6, 6.07) is 1.61. The number of aromatic carboxylic acids is 1. The van der Waals surface area contributed by atoms with Crippen LogP contribution in [-0.4, -0.2) is 198 Å². The number of hydrogen-bond donors (Lipinski definition) is 7. The number of nitrogens with two attached hydrogens (primary N) is 1. The predicted molar refractivity (Wildman–Crippen MR) is 202 cm³/mol. The molecule has 1 aliphatic heterocycles. The summed E-state index contributed by atoms with van der Waals surface area (Å²) in [5, 5.41) is 94.7. The van der Waals surface area contributed by atoms with Gasteiger partial charge in [-0.3, -0.25) is 24.4 Å². The first-order valence-electron chi connectivity index (χ1n) is 16.1. The molecule has 20 nitrogen and oxygen atoms in total. The van der Waals surface area contributed by atoms with Gasteiger partial charge in [-0.25, -0.2) is 0 Å². The second-order valence-electron chi connectivity index (χ2n) is 11.9.